The van der Waals surface area contributed by atoms with Gasteiger partial charge in [-0.2, -0.15) is 0 Å². The number of benzene rings is 1. The van der Waals surface area contributed by atoms with Crippen LogP contribution in [0.4, 0.5) is 0 Å². The van der Waals surface area contributed by atoms with Crippen molar-refractivity contribution in [3.05, 3.63) is 22.2 Å². The quantitative estimate of drug-likeness (QED) is 0.895. The third-order valence-corrected chi connectivity index (χ3v) is 3.35. The number of aliphatic hydroxyl groups is 1. The van der Waals surface area contributed by atoms with E-state index in [9.17, 15) is 10.2 Å². The van der Waals surface area contributed by atoms with E-state index in [1.807, 2.05) is 13.0 Å². The van der Waals surface area contributed by atoms with Crippen LogP contribution in [-0.2, 0) is 6.42 Å². The van der Waals surface area contributed by atoms with Crippen molar-refractivity contribution in [3.63, 3.8) is 0 Å². The summed E-state index contributed by atoms with van der Waals surface area (Å²) in [5.74, 6) is 0.588. The summed E-state index contributed by atoms with van der Waals surface area (Å²) in [6.45, 7) is 2.38. The third-order valence-electron chi connectivity index (χ3n) is 2.75. The predicted molar refractivity (Wildman–Crippen MR) is 64.9 cm³/mol. The molecule has 0 spiro atoms. The SMILES string of the molecule is CCOc1cc(CC2(O)CC2)cc(Br)c1O. The van der Waals surface area contributed by atoms with Gasteiger partial charge in [0.1, 0.15) is 0 Å². The molecule has 4 heteroatoms. The molecule has 16 heavy (non-hydrogen) atoms. The molecule has 1 aliphatic rings. The van der Waals surface area contributed by atoms with Crippen LogP contribution in [0.5, 0.6) is 11.5 Å². The lowest BCUT2D eigenvalue weighted by atomic mass is 10.1. The Morgan fingerprint density at radius 3 is 2.69 bits per heavy atom. The molecule has 0 aliphatic heterocycles. The van der Waals surface area contributed by atoms with E-state index in [-0.39, 0.29) is 5.75 Å². The molecule has 1 fully saturated rings. The summed E-state index contributed by atoms with van der Waals surface area (Å²) < 4.78 is 5.94. The minimum absolute atomic E-state index is 0.119. The molecule has 3 nitrogen and oxygen atoms in total. The predicted octanol–water partition coefficient (Wildman–Crippen LogP) is 2.62. The first-order valence-electron chi connectivity index (χ1n) is 5.41. The lowest BCUT2D eigenvalue weighted by Gasteiger charge is -2.12. The van der Waals surface area contributed by atoms with Gasteiger partial charge in [0, 0.05) is 6.42 Å². The van der Waals surface area contributed by atoms with Gasteiger partial charge in [0.15, 0.2) is 11.5 Å². The molecule has 0 heterocycles. The smallest absolute Gasteiger partial charge is 0.172 e. The number of phenolic OH excluding ortho intramolecular Hbond substituents is 1. The van der Waals surface area contributed by atoms with Crippen molar-refractivity contribution in [1.29, 1.82) is 0 Å². The van der Waals surface area contributed by atoms with Gasteiger partial charge in [-0.1, -0.05) is 0 Å². The van der Waals surface area contributed by atoms with Crippen molar-refractivity contribution >= 4 is 15.9 Å². The van der Waals surface area contributed by atoms with E-state index in [4.69, 9.17) is 4.74 Å². The molecule has 1 aromatic rings. The normalized spacial score (nSPS) is 17.2. The molecule has 0 atom stereocenters. The van der Waals surface area contributed by atoms with Gasteiger partial charge in [0.25, 0.3) is 0 Å². The summed E-state index contributed by atoms with van der Waals surface area (Å²) in [4.78, 5) is 0. The van der Waals surface area contributed by atoms with Crippen LogP contribution in [0.3, 0.4) is 0 Å². The van der Waals surface area contributed by atoms with Gasteiger partial charge in [0.2, 0.25) is 0 Å². The number of ether oxygens (including phenoxy) is 1. The Morgan fingerprint density at radius 1 is 1.44 bits per heavy atom. The van der Waals surface area contributed by atoms with Crippen LogP contribution < -0.4 is 4.74 Å². The van der Waals surface area contributed by atoms with E-state index in [0.717, 1.165) is 18.4 Å². The van der Waals surface area contributed by atoms with Crippen molar-refractivity contribution in [2.45, 2.75) is 31.8 Å². The first-order chi connectivity index (χ1) is 7.54. The molecule has 2 N–H and O–H groups in total. The lowest BCUT2D eigenvalue weighted by molar-refractivity contribution is 0.151. The first-order valence-corrected chi connectivity index (χ1v) is 6.20. The van der Waals surface area contributed by atoms with Crippen LogP contribution in [0, 0.1) is 0 Å². The van der Waals surface area contributed by atoms with E-state index >= 15 is 0 Å². The summed E-state index contributed by atoms with van der Waals surface area (Å²) in [6.07, 6.45) is 2.33. The zero-order chi connectivity index (χ0) is 11.8. The standard InChI is InChI=1S/C12H15BrO3/c1-2-16-10-6-8(5-9(13)11(10)14)7-12(15)3-4-12/h5-6,14-15H,2-4,7H2,1H3. The second kappa shape index (κ2) is 4.26. The largest absolute Gasteiger partial charge is 0.503 e. The van der Waals surface area contributed by atoms with Gasteiger partial charge < -0.3 is 14.9 Å². The van der Waals surface area contributed by atoms with E-state index in [1.54, 1.807) is 6.07 Å². The summed E-state index contributed by atoms with van der Waals surface area (Å²) in [5, 5.41) is 19.6. The Kier molecular flexibility index (Phi) is 3.13. The van der Waals surface area contributed by atoms with Gasteiger partial charge in [-0.15, -0.1) is 0 Å². The van der Waals surface area contributed by atoms with Gasteiger partial charge in [-0.05, 0) is 53.4 Å². The topological polar surface area (TPSA) is 49.7 Å². The molecular formula is C12H15BrO3. The molecule has 1 aromatic carbocycles. The van der Waals surface area contributed by atoms with Crippen LogP contribution in [0.15, 0.2) is 16.6 Å². The molecule has 0 aromatic heterocycles. The Balaban J connectivity index is 2.25. The highest BCUT2D eigenvalue weighted by molar-refractivity contribution is 9.10. The highest BCUT2D eigenvalue weighted by Gasteiger charge is 2.40. The Morgan fingerprint density at radius 2 is 2.12 bits per heavy atom. The maximum Gasteiger partial charge on any atom is 0.172 e. The fourth-order valence-corrected chi connectivity index (χ4v) is 2.19. The Bertz CT molecular complexity index is 399. The molecule has 1 saturated carbocycles. The van der Waals surface area contributed by atoms with Crippen LogP contribution in [0.1, 0.15) is 25.3 Å². The minimum Gasteiger partial charge on any atom is -0.503 e. The highest BCUT2D eigenvalue weighted by atomic mass is 79.9. The number of hydrogen-bond donors (Lipinski definition) is 2. The van der Waals surface area contributed by atoms with Crippen LogP contribution in [-0.4, -0.2) is 22.4 Å². The average molecular weight is 287 g/mol. The minimum atomic E-state index is -0.528. The molecular weight excluding hydrogens is 272 g/mol. The number of hydrogen-bond acceptors (Lipinski definition) is 3. The molecule has 2 rings (SSSR count). The molecule has 0 saturated heterocycles. The fourth-order valence-electron chi connectivity index (χ4n) is 1.70. The Hall–Kier alpha value is -0.740. The van der Waals surface area contributed by atoms with Crippen molar-refractivity contribution in [2.24, 2.45) is 0 Å². The van der Waals surface area contributed by atoms with Crippen LogP contribution >= 0.6 is 15.9 Å². The number of phenols is 1. The zero-order valence-electron chi connectivity index (χ0n) is 9.16. The van der Waals surface area contributed by atoms with Gasteiger partial charge in [0.05, 0.1) is 16.7 Å². The zero-order valence-corrected chi connectivity index (χ0v) is 10.7. The van der Waals surface area contributed by atoms with Gasteiger partial charge >= 0.3 is 0 Å². The van der Waals surface area contributed by atoms with Crippen molar-refractivity contribution in [2.75, 3.05) is 6.61 Å². The van der Waals surface area contributed by atoms with Crippen molar-refractivity contribution in [3.8, 4) is 11.5 Å². The maximum atomic E-state index is 9.84. The summed E-state index contributed by atoms with van der Waals surface area (Å²) in [7, 11) is 0. The van der Waals surface area contributed by atoms with E-state index in [2.05, 4.69) is 15.9 Å². The Labute approximate surface area is 103 Å². The molecule has 1 aliphatic carbocycles. The lowest BCUT2D eigenvalue weighted by Crippen LogP contribution is -2.10. The van der Waals surface area contributed by atoms with Crippen LogP contribution in [0.25, 0.3) is 0 Å². The van der Waals surface area contributed by atoms with Crippen LogP contribution in [0.2, 0.25) is 0 Å². The second-order valence-electron chi connectivity index (χ2n) is 4.26. The van der Waals surface area contributed by atoms with Crippen molar-refractivity contribution in [1.82, 2.24) is 0 Å². The third kappa shape index (κ3) is 2.50. The van der Waals surface area contributed by atoms with Gasteiger partial charge in [-0.3, -0.25) is 0 Å². The molecule has 0 unspecified atom stereocenters. The monoisotopic (exact) mass is 286 g/mol. The fraction of sp³-hybridized carbons (Fsp3) is 0.500. The molecule has 0 amide bonds. The molecule has 0 bridgehead atoms. The summed E-state index contributed by atoms with van der Waals surface area (Å²) in [5.41, 5.74) is 0.452. The van der Waals surface area contributed by atoms with Crippen molar-refractivity contribution < 1.29 is 14.9 Å². The average Bonchev–Trinajstić information content (AvgIpc) is 2.92. The maximum absolute atomic E-state index is 9.84. The summed E-state index contributed by atoms with van der Waals surface area (Å²) in [6, 6.07) is 3.62. The number of aromatic hydroxyl groups is 1. The molecule has 88 valence electrons. The summed E-state index contributed by atoms with van der Waals surface area (Å²) >= 11 is 3.28. The highest BCUT2D eigenvalue weighted by Crippen LogP contribution is 2.41. The number of rotatable bonds is 4. The second-order valence-corrected chi connectivity index (χ2v) is 5.11. The van der Waals surface area contributed by atoms with E-state index in [0.29, 0.717) is 23.2 Å². The van der Waals surface area contributed by atoms with E-state index in [1.165, 1.54) is 0 Å². The van der Waals surface area contributed by atoms with E-state index < -0.39 is 5.60 Å². The first kappa shape index (κ1) is 11.7. The van der Waals surface area contributed by atoms with Gasteiger partial charge in [-0.25, -0.2) is 0 Å². The molecule has 0 radical (unpaired) electrons. The number of halogens is 1.